The van der Waals surface area contributed by atoms with E-state index in [4.69, 9.17) is 32.0 Å². The van der Waals surface area contributed by atoms with Crippen LogP contribution in [0.15, 0.2) is 18.3 Å². The number of carbonyl (C=O) groups is 1. The highest BCUT2D eigenvalue weighted by Gasteiger charge is 2.47. The van der Waals surface area contributed by atoms with Crippen molar-refractivity contribution in [2.45, 2.75) is 44.2 Å². The molecule has 4 heterocycles. The van der Waals surface area contributed by atoms with Crippen molar-refractivity contribution in [1.82, 2.24) is 25.3 Å². The van der Waals surface area contributed by atoms with Gasteiger partial charge in [0.25, 0.3) is 0 Å². The van der Waals surface area contributed by atoms with Gasteiger partial charge in [0.2, 0.25) is 0 Å². The van der Waals surface area contributed by atoms with Gasteiger partial charge in [0.15, 0.2) is 11.5 Å². The molecule has 9 nitrogen and oxygen atoms in total. The molecule has 2 aliphatic carbocycles. The lowest BCUT2D eigenvalue weighted by Gasteiger charge is -2.29. The number of nitrogens with zero attached hydrogens (tertiary/aromatic N) is 3. The fourth-order valence-corrected chi connectivity index (χ4v) is 6.86. The molecule has 11 heteroatoms. The Morgan fingerprint density at radius 2 is 2.06 bits per heavy atom. The van der Waals surface area contributed by atoms with Crippen molar-refractivity contribution >= 4 is 45.9 Å². The van der Waals surface area contributed by atoms with Crippen LogP contribution in [0.3, 0.4) is 0 Å². The summed E-state index contributed by atoms with van der Waals surface area (Å²) in [6, 6.07) is -0.137. The smallest absolute Gasteiger partial charge is 0.404 e. The fraction of sp³-hybridized carbons (Fsp3) is 0.478. The van der Waals surface area contributed by atoms with E-state index in [1.165, 1.54) is 5.01 Å². The molecule has 1 saturated carbocycles. The number of aromatic amines is 1. The summed E-state index contributed by atoms with van der Waals surface area (Å²) in [5.74, 6) is 1.60. The number of nitrogens with one attached hydrogen (secondary N) is 3. The van der Waals surface area contributed by atoms with Gasteiger partial charge in [-0.05, 0) is 39.3 Å². The number of ether oxygens (including phenoxy) is 1. The van der Waals surface area contributed by atoms with Gasteiger partial charge in [0.1, 0.15) is 11.6 Å². The number of imidazole rings is 1. The van der Waals surface area contributed by atoms with E-state index in [1.54, 1.807) is 17.5 Å². The number of anilines is 1. The Kier molecular flexibility index (Phi) is 5.46. The maximum atomic E-state index is 11.5. The number of carbonyl (C=O) groups excluding carboxylic acids is 1. The Morgan fingerprint density at radius 3 is 2.85 bits per heavy atom. The van der Waals surface area contributed by atoms with E-state index in [-0.39, 0.29) is 24.0 Å². The number of piperidine rings is 1. The van der Waals surface area contributed by atoms with E-state index < -0.39 is 6.09 Å². The predicted molar refractivity (Wildman–Crippen MR) is 132 cm³/mol. The second-order valence-electron chi connectivity index (χ2n) is 9.27. The Hall–Kier alpha value is -2.69. The molecule has 1 amide bonds. The van der Waals surface area contributed by atoms with Crippen molar-refractivity contribution in [3.63, 3.8) is 0 Å². The highest BCUT2D eigenvalue weighted by Crippen LogP contribution is 2.44. The molecule has 0 aromatic carbocycles. The highest BCUT2D eigenvalue weighted by molar-refractivity contribution is 7.15. The number of hydrogen-bond donors (Lipinski definition) is 4. The molecule has 1 aliphatic heterocycles. The summed E-state index contributed by atoms with van der Waals surface area (Å²) in [4.78, 5) is 30.1. The summed E-state index contributed by atoms with van der Waals surface area (Å²) >= 11 is 8.28. The third-order valence-corrected chi connectivity index (χ3v) is 8.75. The number of nitrogens with two attached hydrogens (primary N) is 1. The first-order valence-corrected chi connectivity index (χ1v) is 12.8. The molecule has 5 N–H and O–H groups in total. The first-order chi connectivity index (χ1) is 16.5. The Balaban J connectivity index is 1.34. The van der Waals surface area contributed by atoms with Crippen LogP contribution < -0.4 is 16.4 Å². The van der Waals surface area contributed by atoms with E-state index in [2.05, 4.69) is 32.8 Å². The zero-order chi connectivity index (χ0) is 23.4. The molecule has 3 aliphatic rings. The number of H-pyrrole nitrogens is 1. The maximum Gasteiger partial charge on any atom is 0.404 e. The van der Waals surface area contributed by atoms with Crippen LogP contribution in [0.1, 0.15) is 35.9 Å². The van der Waals surface area contributed by atoms with Gasteiger partial charge in [0, 0.05) is 17.8 Å². The molecule has 6 rings (SSSR count). The zero-order valence-corrected chi connectivity index (χ0v) is 20.2. The normalized spacial score (nSPS) is 26.4. The minimum atomic E-state index is -0.768. The number of primary amides is 1. The number of fused-ring (bicyclic) bond motifs is 3. The Labute approximate surface area is 205 Å². The SMILES string of the molecule is Cc1nc(C2CCNCC2)sc1-c1nc2c(N[C@H]3[C@@H](OC(N)=O)[C@@H]4C=C[C@H]3C4)c(Cl)cnc2[nH]1. The zero-order valence-electron chi connectivity index (χ0n) is 18.7. The van der Waals surface area contributed by atoms with Crippen LogP contribution in [-0.2, 0) is 4.74 Å². The lowest BCUT2D eigenvalue weighted by Crippen LogP contribution is -2.41. The molecule has 0 radical (unpaired) electrons. The van der Waals surface area contributed by atoms with E-state index in [0.717, 1.165) is 48.7 Å². The quantitative estimate of drug-likeness (QED) is 0.391. The number of pyridine rings is 1. The average molecular weight is 500 g/mol. The standard InChI is InChI=1S/C23H26ClN7O2S/c1-10-19(34-22(28-10)11-4-6-26-7-5-11)21-30-17-16(14(24)9-27-20(17)31-21)29-15-12-2-3-13(8-12)18(15)33-23(25)32/h2-3,9,11-13,15,18,26H,4-8H2,1H3,(H2,25,32)(H2,27,29,30,31)/t12-,13+,15+,18-/m0/s1. The second kappa shape index (κ2) is 8.51. The first-order valence-electron chi connectivity index (χ1n) is 11.6. The third-order valence-electron chi connectivity index (χ3n) is 7.13. The van der Waals surface area contributed by atoms with Crippen LogP contribution in [0.25, 0.3) is 21.9 Å². The molecule has 4 atom stereocenters. The first kappa shape index (κ1) is 21.8. The van der Waals surface area contributed by atoms with Gasteiger partial charge in [0.05, 0.1) is 38.5 Å². The third kappa shape index (κ3) is 3.73. The number of thiazole rings is 1. The van der Waals surface area contributed by atoms with Crippen LogP contribution in [0, 0.1) is 18.8 Å². The summed E-state index contributed by atoms with van der Waals surface area (Å²) < 4.78 is 5.46. The minimum absolute atomic E-state index is 0.137. The van der Waals surface area contributed by atoms with Gasteiger partial charge in [-0.15, -0.1) is 11.3 Å². The van der Waals surface area contributed by atoms with Gasteiger partial charge < -0.3 is 26.1 Å². The number of aryl methyl sites for hydroxylation is 1. The van der Waals surface area contributed by atoms with Crippen molar-refractivity contribution in [2.24, 2.45) is 17.6 Å². The van der Waals surface area contributed by atoms with Gasteiger partial charge in [-0.1, -0.05) is 23.8 Å². The van der Waals surface area contributed by atoms with Gasteiger partial charge in [-0.25, -0.2) is 19.7 Å². The predicted octanol–water partition coefficient (Wildman–Crippen LogP) is 3.96. The number of halogens is 1. The number of aromatic nitrogens is 4. The van der Waals surface area contributed by atoms with Gasteiger partial charge >= 0.3 is 6.09 Å². The molecule has 34 heavy (non-hydrogen) atoms. The van der Waals surface area contributed by atoms with Crippen LogP contribution >= 0.6 is 22.9 Å². The Bertz CT molecular complexity index is 1280. The summed E-state index contributed by atoms with van der Waals surface area (Å²) in [6.07, 6.45) is 7.87. The monoisotopic (exact) mass is 499 g/mol. The van der Waals surface area contributed by atoms with Crippen LogP contribution in [-0.4, -0.2) is 51.3 Å². The molecule has 0 spiro atoms. The Morgan fingerprint density at radius 1 is 1.26 bits per heavy atom. The molecule has 3 aromatic heterocycles. The van der Waals surface area contributed by atoms with Crippen molar-refractivity contribution < 1.29 is 9.53 Å². The number of hydrogen-bond acceptors (Lipinski definition) is 8. The second-order valence-corrected chi connectivity index (χ2v) is 10.7. The van der Waals surface area contributed by atoms with Crippen LogP contribution in [0.2, 0.25) is 5.02 Å². The van der Waals surface area contributed by atoms with Crippen molar-refractivity contribution in [1.29, 1.82) is 0 Å². The van der Waals surface area contributed by atoms with Gasteiger partial charge in [-0.3, -0.25) is 0 Å². The van der Waals surface area contributed by atoms with Crippen LogP contribution in [0.4, 0.5) is 10.5 Å². The van der Waals surface area contributed by atoms with E-state index in [9.17, 15) is 4.79 Å². The van der Waals surface area contributed by atoms with Crippen molar-refractivity contribution in [3.05, 3.63) is 34.1 Å². The average Bonchev–Trinajstić information content (AvgIpc) is 3.60. The molecule has 0 unspecified atom stereocenters. The van der Waals surface area contributed by atoms with E-state index >= 15 is 0 Å². The largest absolute Gasteiger partial charge is 0.444 e. The number of amides is 1. The maximum absolute atomic E-state index is 11.5. The van der Waals surface area contributed by atoms with E-state index in [0.29, 0.717) is 27.8 Å². The van der Waals surface area contributed by atoms with Crippen molar-refractivity contribution in [3.8, 4) is 10.7 Å². The van der Waals surface area contributed by atoms with E-state index in [1.807, 2.05) is 6.92 Å². The molecule has 1 saturated heterocycles. The summed E-state index contributed by atoms with van der Waals surface area (Å²) in [7, 11) is 0. The summed E-state index contributed by atoms with van der Waals surface area (Å²) in [5.41, 5.74) is 8.29. The molecule has 3 aromatic rings. The lowest BCUT2D eigenvalue weighted by molar-refractivity contribution is 0.0854. The lowest BCUT2D eigenvalue weighted by atomic mass is 9.98. The minimum Gasteiger partial charge on any atom is -0.444 e. The fourth-order valence-electron chi connectivity index (χ4n) is 5.48. The van der Waals surface area contributed by atoms with Gasteiger partial charge in [-0.2, -0.15) is 0 Å². The molecule has 2 bridgehead atoms. The molecule has 178 valence electrons. The molecule has 2 fully saturated rings. The topological polar surface area (TPSA) is 131 Å². The number of rotatable bonds is 5. The highest BCUT2D eigenvalue weighted by atomic mass is 35.5. The summed E-state index contributed by atoms with van der Waals surface area (Å²) in [5, 5.41) is 8.56. The molecular weight excluding hydrogens is 474 g/mol. The summed E-state index contributed by atoms with van der Waals surface area (Å²) in [6.45, 7) is 4.08. The molecular formula is C23H26ClN7O2S. The van der Waals surface area contributed by atoms with Crippen LogP contribution in [0.5, 0.6) is 0 Å². The van der Waals surface area contributed by atoms with Crippen molar-refractivity contribution in [2.75, 3.05) is 18.4 Å².